The summed E-state index contributed by atoms with van der Waals surface area (Å²) in [4.78, 5) is 58.7. The van der Waals surface area contributed by atoms with Gasteiger partial charge in [0.1, 0.15) is 0 Å². The summed E-state index contributed by atoms with van der Waals surface area (Å²) in [5.74, 6) is -2.03. The number of nitrogens with zero attached hydrogens (tertiary/aromatic N) is 2. The quantitative estimate of drug-likeness (QED) is 0.203. The average Bonchev–Trinajstić information content (AvgIpc) is 3.07. The fourth-order valence-corrected chi connectivity index (χ4v) is 6.29. The van der Waals surface area contributed by atoms with Crippen LogP contribution in [0.4, 0.5) is 11.4 Å². The van der Waals surface area contributed by atoms with Gasteiger partial charge in [0.2, 0.25) is 0 Å². The van der Waals surface area contributed by atoms with Gasteiger partial charge in [-0.3, -0.25) is 19.2 Å². The summed E-state index contributed by atoms with van der Waals surface area (Å²) >= 11 is 0. The molecule has 6 aromatic rings. The lowest BCUT2D eigenvalue weighted by molar-refractivity contribution is 0.0873. The molecule has 0 unspecified atom stereocenters. The zero-order valence-electron chi connectivity index (χ0n) is 23.2. The van der Waals surface area contributed by atoms with Gasteiger partial charge in [0.15, 0.2) is 0 Å². The van der Waals surface area contributed by atoms with E-state index in [0.717, 1.165) is 16.0 Å². The average molecular weight is 571 g/mol. The minimum absolute atomic E-state index is 0.264. The fraction of sp³-hybridized carbons (Fsp3) is 0. The molecule has 44 heavy (non-hydrogen) atoms. The predicted molar refractivity (Wildman–Crippen MR) is 170 cm³/mol. The van der Waals surface area contributed by atoms with E-state index in [9.17, 15) is 19.2 Å². The third-order valence-electron chi connectivity index (χ3n) is 8.33. The molecule has 0 aromatic heterocycles. The van der Waals surface area contributed by atoms with Crippen molar-refractivity contribution >= 4 is 45.8 Å². The maximum absolute atomic E-state index is 14.4. The summed E-state index contributed by atoms with van der Waals surface area (Å²) < 4.78 is 0. The van der Waals surface area contributed by atoms with E-state index in [4.69, 9.17) is 0 Å². The highest BCUT2D eigenvalue weighted by Crippen LogP contribution is 2.44. The number of benzene rings is 6. The highest BCUT2D eigenvalue weighted by molar-refractivity contribution is 6.43. The molecule has 0 fully saturated rings. The third-order valence-corrected chi connectivity index (χ3v) is 8.33. The van der Waals surface area contributed by atoms with Crippen LogP contribution in [0.1, 0.15) is 41.4 Å². The first kappa shape index (κ1) is 25.6. The van der Waals surface area contributed by atoms with E-state index < -0.39 is 23.6 Å². The van der Waals surface area contributed by atoms with Gasteiger partial charge in [-0.25, -0.2) is 9.80 Å². The van der Waals surface area contributed by atoms with Crippen LogP contribution >= 0.6 is 0 Å². The molecule has 0 bridgehead atoms. The smallest absolute Gasteiger partial charge is 0.266 e. The van der Waals surface area contributed by atoms with E-state index in [1.165, 1.54) is 4.90 Å². The first-order valence-electron chi connectivity index (χ1n) is 14.2. The number of anilines is 2. The van der Waals surface area contributed by atoms with Crippen LogP contribution in [0.2, 0.25) is 0 Å². The topological polar surface area (TPSA) is 74.8 Å². The highest BCUT2D eigenvalue weighted by atomic mass is 16.2. The van der Waals surface area contributed by atoms with Crippen LogP contribution in [-0.2, 0) is 0 Å². The maximum Gasteiger partial charge on any atom is 0.266 e. The summed E-state index contributed by atoms with van der Waals surface area (Å²) in [5.41, 5.74) is 5.23. The molecular formula is C38H22N2O4. The van der Waals surface area contributed by atoms with E-state index in [-0.39, 0.29) is 22.3 Å². The first-order valence-corrected chi connectivity index (χ1v) is 14.2. The second-order valence-corrected chi connectivity index (χ2v) is 10.8. The van der Waals surface area contributed by atoms with Gasteiger partial charge in [0.25, 0.3) is 23.6 Å². The van der Waals surface area contributed by atoms with Crippen molar-refractivity contribution in [2.24, 2.45) is 0 Å². The zero-order chi connectivity index (χ0) is 29.9. The molecule has 6 aromatic carbocycles. The lowest BCUT2D eigenvalue weighted by Crippen LogP contribution is -2.43. The summed E-state index contributed by atoms with van der Waals surface area (Å²) in [7, 11) is 0. The molecule has 4 amide bonds. The Balaban J connectivity index is 1.41. The number of carbonyl (C=O) groups excluding carboxylic acids is 4. The largest absolute Gasteiger partial charge is 0.268 e. The van der Waals surface area contributed by atoms with Crippen LogP contribution in [0.15, 0.2) is 133 Å². The van der Waals surface area contributed by atoms with Crippen LogP contribution in [-0.4, -0.2) is 23.6 Å². The fourth-order valence-electron chi connectivity index (χ4n) is 6.29. The molecule has 0 saturated carbocycles. The molecule has 0 radical (unpaired) electrons. The second kappa shape index (κ2) is 9.71. The molecule has 0 aliphatic carbocycles. The highest BCUT2D eigenvalue weighted by Gasteiger charge is 2.42. The second-order valence-electron chi connectivity index (χ2n) is 10.8. The van der Waals surface area contributed by atoms with E-state index in [1.54, 1.807) is 66.7 Å². The molecule has 2 aliphatic rings. The van der Waals surface area contributed by atoms with E-state index in [2.05, 4.69) is 0 Å². The maximum atomic E-state index is 14.4. The molecule has 2 heterocycles. The van der Waals surface area contributed by atoms with E-state index in [0.29, 0.717) is 33.3 Å². The van der Waals surface area contributed by atoms with Crippen LogP contribution in [0.5, 0.6) is 0 Å². The van der Waals surface area contributed by atoms with Crippen LogP contribution in [0.25, 0.3) is 33.0 Å². The van der Waals surface area contributed by atoms with Crippen molar-refractivity contribution in [3.8, 4) is 22.3 Å². The molecule has 0 saturated heterocycles. The Morgan fingerprint density at radius 2 is 0.773 bits per heavy atom. The number of carbonyl (C=O) groups is 4. The van der Waals surface area contributed by atoms with Gasteiger partial charge in [0.05, 0.1) is 16.9 Å². The molecular weight excluding hydrogens is 548 g/mol. The van der Waals surface area contributed by atoms with Gasteiger partial charge in [0, 0.05) is 27.5 Å². The number of hydrogen-bond acceptors (Lipinski definition) is 4. The Kier molecular flexibility index (Phi) is 5.64. The Morgan fingerprint density at radius 1 is 0.341 bits per heavy atom. The molecule has 6 nitrogen and oxygen atoms in total. The molecule has 2 aliphatic heterocycles. The van der Waals surface area contributed by atoms with Crippen molar-refractivity contribution in [2.45, 2.75) is 0 Å². The Hall–Kier alpha value is -6.14. The molecule has 6 heteroatoms. The Bertz CT molecular complexity index is 2170. The Morgan fingerprint density at radius 3 is 1.34 bits per heavy atom. The van der Waals surface area contributed by atoms with Crippen molar-refractivity contribution in [1.82, 2.24) is 0 Å². The van der Waals surface area contributed by atoms with Crippen LogP contribution in [0.3, 0.4) is 0 Å². The molecule has 0 N–H and O–H groups in total. The number of rotatable bonds is 4. The summed E-state index contributed by atoms with van der Waals surface area (Å²) in [6, 6.07) is 40.1. The van der Waals surface area contributed by atoms with Gasteiger partial charge < -0.3 is 0 Å². The van der Waals surface area contributed by atoms with Crippen molar-refractivity contribution in [1.29, 1.82) is 0 Å². The third kappa shape index (κ3) is 3.68. The zero-order valence-corrected chi connectivity index (χ0v) is 23.2. The lowest BCUT2D eigenvalue weighted by Gasteiger charge is -2.33. The predicted octanol–water partition coefficient (Wildman–Crippen LogP) is 7.78. The molecule has 0 spiro atoms. The number of amides is 4. The molecule has 8 rings (SSSR count). The number of imide groups is 2. The number of para-hydroxylation sites is 2. The Labute approximate surface area is 252 Å². The van der Waals surface area contributed by atoms with Crippen LogP contribution in [0, 0.1) is 0 Å². The van der Waals surface area contributed by atoms with E-state index >= 15 is 0 Å². The molecule has 0 atom stereocenters. The minimum Gasteiger partial charge on any atom is -0.268 e. The van der Waals surface area contributed by atoms with Crippen molar-refractivity contribution in [2.75, 3.05) is 9.80 Å². The van der Waals surface area contributed by atoms with Gasteiger partial charge in [-0.1, -0.05) is 91.0 Å². The first-order chi connectivity index (χ1) is 21.5. The summed E-state index contributed by atoms with van der Waals surface area (Å²) in [6.45, 7) is 0. The van der Waals surface area contributed by atoms with Crippen molar-refractivity contribution < 1.29 is 19.2 Å². The van der Waals surface area contributed by atoms with E-state index in [1.807, 2.05) is 66.7 Å². The lowest BCUT2D eigenvalue weighted by atomic mass is 9.81. The number of hydrogen-bond donors (Lipinski definition) is 0. The van der Waals surface area contributed by atoms with Crippen LogP contribution < -0.4 is 9.80 Å². The van der Waals surface area contributed by atoms with Gasteiger partial charge in [-0.05, 0) is 64.7 Å². The van der Waals surface area contributed by atoms with Gasteiger partial charge in [-0.15, -0.1) is 0 Å². The minimum atomic E-state index is -0.509. The summed E-state index contributed by atoms with van der Waals surface area (Å²) in [5, 5.41) is 0.664. The van der Waals surface area contributed by atoms with Crippen molar-refractivity contribution in [3.05, 3.63) is 156 Å². The standard InChI is InChI=1S/C38H22N2O4/c41-35-28-20-21-29-33-32(28)31(37(43)39(35)26-12-6-2-7-13-26)22-30(25-18-16-24(17-19-25)23-10-4-1-5-11-23)34(33)38(44)40(36(29)42)27-14-8-3-9-15-27/h1-22H. The molecule has 208 valence electrons. The SMILES string of the molecule is O=C1c2ccc3c4c(c(-c5ccc(-c6ccccc6)cc5)cc(c24)C(=O)N1c1ccccc1)C(=O)N(c1ccccc1)C3=O. The van der Waals surface area contributed by atoms with Crippen molar-refractivity contribution in [3.63, 3.8) is 0 Å². The van der Waals surface area contributed by atoms with Gasteiger partial charge >= 0.3 is 0 Å². The summed E-state index contributed by atoms with van der Waals surface area (Å²) in [6.07, 6.45) is 0. The monoisotopic (exact) mass is 570 g/mol. The normalized spacial score (nSPS) is 14.0. The van der Waals surface area contributed by atoms with Gasteiger partial charge in [-0.2, -0.15) is 0 Å².